The maximum Gasteiger partial charge on any atom is 0.410 e. The van der Waals surface area contributed by atoms with Crippen molar-refractivity contribution in [1.29, 1.82) is 0 Å². The van der Waals surface area contributed by atoms with Gasteiger partial charge < -0.3 is 14.4 Å². The molecule has 2 fully saturated rings. The molecule has 1 saturated carbocycles. The van der Waals surface area contributed by atoms with Gasteiger partial charge in [-0.3, -0.25) is 4.79 Å². The molecule has 0 radical (unpaired) electrons. The molecular formula is C14H23NO4. The minimum atomic E-state index is -0.475. The quantitative estimate of drug-likeness (QED) is 0.721. The average molecular weight is 269 g/mol. The molecule has 108 valence electrons. The zero-order chi connectivity index (χ0) is 14.3. The molecule has 1 heterocycles. The Morgan fingerprint density at radius 1 is 1.37 bits per heavy atom. The minimum absolute atomic E-state index is 0.0279. The highest BCUT2D eigenvalue weighted by molar-refractivity contribution is 5.78. The van der Waals surface area contributed by atoms with E-state index in [0.29, 0.717) is 19.7 Å². The molecule has 0 unspecified atom stereocenters. The maximum absolute atomic E-state index is 12.0. The summed E-state index contributed by atoms with van der Waals surface area (Å²) < 4.78 is 10.4. The van der Waals surface area contributed by atoms with Gasteiger partial charge in [-0.2, -0.15) is 0 Å². The van der Waals surface area contributed by atoms with Crippen molar-refractivity contribution in [1.82, 2.24) is 4.90 Å². The second-order valence-corrected chi connectivity index (χ2v) is 6.52. The predicted octanol–water partition coefficient (Wildman–Crippen LogP) is 2.20. The number of amides is 1. The van der Waals surface area contributed by atoms with E-state index >= 15 is 0 Å². The van der Waals surface area contributed by atoms with Crippen LogP contribution in [-0.4, -0.2) is 42.3 Å². The van der Waals surface area contributed by atoms with Gasteiger partial charge in [-0.1, -0.05) is 0 Å². The van der Waals surface area contributed by atoms with E-state index in [-0.39, 0.29) is 23.4 Å². The standard InChI is InChI=1S/C14H23NO4/c1-5-18-11(16)10-8-14(10)6-7-15(9-14)12(17)19-13(2,3)4/h10H,5-9H2,1-4H3/t10-,14+/m0/s1. The third-order valence-corrected chi connectivity index (χ3v) is 3.80. The van der Waals surface area contributed by atoms with E-state index in [2.05, 4.69) is 0 Å². The lowest BCUT2D eigenvalue weighted by Gasteiger charge is -2.24. The van der Waals surface area contributed by atoms with E-state index in [0.717, 1.165) is 12.8 Å². The summed E-state index contributed by atoms with van der Waals surface area (Å²) in [6.45, 7) is 9.09. The van der Waals surface area contributed by atoms with E-state index in [1.807, 2.05) is 27.7 Å². The molecule has 0 bridgehead atoms. The van der Waals surface area contributed by atoms with Gasteiger partial charge >= 0.3 is 12.1 Å². The number of nitrogens with zero attached hydrogens (tertiary/aromatic N) is 1. The van der Waals surface area contributed by atoms with Crippen LogP contribution in [0.3, 0.4) is 0 Å². The lowest BCUT2D eigenvalue weighted by molar-refractivity contribution is -0.145. The summed E-state index contributed by atoms with van der Waals surface area (Å²) in [6.07, 6.45) is 1.43. The third-order valence-electron chi connectivity index (χ3n) is 3.80. The molecule has 0 aromatic carbocycles. The fourth-order valence-corrected chi connectivity index (χ4v) is 2.75. The highest BCUT2D eigenvalue weighted by atomic mass is 16.6. The molecule has 1 spiro atoms. The summed E-state index contributed by atoms with van der Waals surface area (Å²) in [4.78, 5) is 25.4. The SMILES string of the molecule is CCOC(=O)[C@@H]1C[C@@]12CCN(C(=O)OC(C)(C)C)C2. The molecule has 1 saturated heterocycles. The second-order valence-electron chi connectivity index (χ2n) is 6.52. The van der Waals surface area contributed by atoms with E-state index in [1.165, 1.54) is 0 Å². The summed E-state index contributed by atoms with van der Waals surface area (Å²) in [5, 5.41) is 0. The molecule has 0 N–H and O–H groups in total. The summed E-state index contributed by atoms with van der Waals surface area (Å²) in [6, 6.07) is 0. The molecule has 19 heavy (non-hydrogen) atoms. The van der Waals surface area contributed by atoms with Crippen LogP contribution in [0.4, 0.5) is 4.79 Å². The smallest absolute Gasteiger partial charge is 0.410 e. The van der Waals surface area contributed by atoms with E-state index in [1.54, 1.807) is 4.90 Å². The van der Waals surface area contributed by atoms with Crippen LogP contribution in [-0.2, 0) is 14.3 Å². The van der Waals surface area contributed by atoms with Gasteiger partial charge in [-0.15, -0.1) is 0 Å². The van der Waals surface area contributed by atoms with Crippen LogP contribution in [0, 0.1) is 11.3 Å². The minimum Gasteiger partial charge on any atom is -0.466 e. The monoisotopic (exact) mass is 269 g/mol. The first-order valence-corrected chi connectivity index (χ1v) is 6.92. The Kier molecular flexibility index (Phi) is 3.49. The largest absolute Gasteiger partial charge is 0.466 e. The molecule has 5 heteroatoms. The normalized spacial score (nSPS) is 29.5. The highest BCUT2D eigenvalue weighted by Gasteiger charge is 2.62. The van der Waals surface area contributed by atoms with E-state index < -0.39 is 5.60 Å². The third kappa shape index (κ3) is 3.01. The topological polar surface area (TPSA) is 55.8 Å². The summed E-state index contributed by atoms with van der Waals surface area (Å²) in [5.41, 5.74) is -0.514. The van der Waals surface area contributed by atoms with Crippen molar-refractivity contribution >= 4 is 12.1 Å². The maximum atomic E-state index is 12.0. The van der Waals surface area contributed by atoms with Crippen LogP contribution in [0.25, 0.3) is 0 Å². The first-order chi connectivity index (χ1) is 8.77. The van der Waals surface area contributed by atoms with Crippen molar-refractivity contribution in [3.63, 3.8) is 0 Å². The highest BCUT2D eigenvalue weighted by Crippen LogP contribution is 2.59. The summed E-state index contributed by atoms with van der Waals surface area (Å²) in [7, 11) is 0. The van der Waals surface area contributed by atoms with Gasteiger partial charge in [0.05, 0.1) is 12.5 Å². The number of hydrogen-bond donors (Lipinski definition) is 0. The Balaban J connectivity index is 1.88. The van der Waals surface area contributed by atoms with E-state index in [4.69, 9.17) is 9.47 Å². The van der Waals surface area contributed by atoms with Gasteiger partial charge in [0, 0.05) is 18.5 Å². The molecule has 1 aliphatic carbocycles. The lowest BCUT2D eigenvalue weighted by Crippen LogP contribution is -2.35. The first-order valence-electron chi connectivity index (χ1n) is 6.92. The summed E-state index contributed by atoms with van der Waals surface area (Å²) >= 11 is 0. The number of carbonyl (C=O) groups is 2. The fourth-order valence-electron chi connectivity index (χ4n) is 2.75. The van der Waals surface area contributed by atoms with Crippen molar-refractivity contribution in [2.24, 2.45) is 11.3 Å². The van der Waals surface area contributed by atoms with Crippen LogP contribution in [0.1, 0.15) is 40.5 Å². The molecule has 0 aromatic heterocycles. The van der Waals surface area contributed by atoms with Crippen LogP contribution in [0.5, 0.6) is 0 Å². The number of likely N-dealkylation sites (tertiary alicyclic amines) is 1. The second kappa shape index (κ2) is 4.69. The average Bonchev–Trinajstić information content (AvgIpc) is 2.77. The number of carbonyl (C=O) groups excluding carboxylic acids is 2. The zero-order valence-electron chi connectivity index (χ0n) is 12.2. The van der Waals surface area contributed by atoms with Gasteiger partial charge in [0.15, 0.2) is 0 Å². The van der Waals surface area contributed by atoms with Crippen LogP contribution in [0.15, 0.2) is 0 Å². The number of ether oxygens (including phenoxy) is 2. The Labute approximate surface area is 114 Å². The van der Waals surface area contributed by atoms with Crippen molar-refractivity contribution < 1.29 is 19.1 Å². The van der Waals surface area contributed by atoms with Gasteiger partial charge in [-0.05, 0) is 40.5 Å². The summed E-state index contributed by atoms with van der Waals surface area (Å²) in [5.74, 6) is -0.145. The van der Waals surface area contributed by atoms with Crippen molar-refractivity contribution in [2.75, 3.05) is 19.7 Å². The Morgan fingerprint density at radius 2 is 2.05 bits per heavy atom. The molecule has 2 atom stereocenters. The van der Waals surface area contributed by atoms with Gasteiger partial charge in [0.25, 0.3) is 0 Å². The molecule has 2 rings (SSSR count). The van der Waals surface area contributed by atoms with Crippen molar-refractivity contribution in [3.8, 4) is 0 Å². The first kappa shape index (κ1) is 14.2. The Bertz CT molecular complexity index is 387. The zero-order valence-corrected chi connectivity index (χ0v) is 12.2. The number of hydrogen-bond acceptors (Lipinski definition) is 4. The Morgan fingerprint density at radius 3 is 2.63 bits per heavy atom. The molecule has 1 aliphatic heterocycles. The van der Waals surface area contributed by atoms with Crippen LogP contribution < -0.4 is 0 Å². The molecule has 0 aromatic rings. The van der Waals surface area contributed by atoms with Crippen LogP contribution >= 0.6 is 0 Å². The van der Waals surface area contributed by atoms with Crippen molar-refractivity contribution in [3.05, 3.63) is 0 Å². The van der Waals surface area contributed by atoms with Gasteiger partial charge in [-0.25, -0.2) is 4.79 Å². The molecule has 2 aliphatic rings. The van der Waals surface area contributed by atoms with Crippen molar-refractivity contribution in [2.45, 2.75) is 46.1 Å². The lowest BCUT2D eigenvalue weighted by atomic mass is 10.0. The van der Waals surface area contributed by atoms with Crippen LogP contribution in [0.2, 0.25) is 0 Å². The number of esters is 1. The van der Waals surface area contributed by atoms with Gasteiger partial charge in [0.2, 0.25) is 0 Å². The van der Waals surface area contributed by atoms with Gasteiger partial charge in [0.1, 0.15) is 5.60 Å². The molecule has 1 amide bonds. The predicted molar refractivity (Wildman–Crippen MR) is 69.6 cm³/mol. The number of rotatable bonds is 2. The van der Waals surface area contributed by atoms with E-state index in [9.17, 15) is 9.59 Å². The Hall–Kier alpha value is -1.26. The molecule has 5 nitrogen and oxygen atoms in total. The molecular weight excluding hydrogens is 246 g/mol. The fraction of sp³-hybridized carbons (Fsp3) is 0.857.